The molecule has 0 spiro atoms. The lowest BCUT2D eigenvalue weighted by molar-refractivity contribution is 1.36. The van der Waals surface area contributed by atoms with Crippen LogP contribution in [0.25, 0.3) is 0 Å². The lowest BCUT2D eigenvalue weighted by Crippen LogP contribution is -2.26. The molecule has 0 amide bonds. The van der Waals surface area contributed by atoms with Crippen molar-refractivity contribution in [1.82, 2.24) is 0 Å². The van der Waals surface area contributed by atoms with Gasteiger partial charge in [0.1, 0.15) is 0 Å². The van der Waals surface area contributed by atoms with E-state index < -0.39 is 6.69 Å². The molecule has 0 heterocycles. The Morgan fingerprint density at radius 3 is 2.17 bits per heavy atom. The Labute approximate surface area is 87.9 Å². The standard InChI is InChI=1S/C8H9Cl3Si/c9-7-12(10,11)6-8-4-2-1-3-5-8/h1-5H,6-7H2. The van der Waals surface area contributed by atoms with Gasteiger partial charge in [-0.15, -0.1) is 33.8 Å². The van der Waals surface area contributed by atoms with Gasteiger partial charge in [-0.05, 0) is 11.6 Å². The first kappa shape index (κ1) is 10.4. The molecule has 1 aromatic rings. The third-order valence-electron chi connectivity index (χ3n) is 1.50. The van der Waals surface area contributed by atoms with Crippen molar-refractivity contribution in [3.8, 4) is 0 Å². The maximum Gasteiger partial charge on any atom is 0.269 e. The van der Waals surface area contributed by atoms with Gasteiger partial charge in [-0.3, -0.25) is 0 Å². The van der Waals surface area contributed by atoms with Crippen molar-refractivity contribution in [1.29, 1.82) is 0 Å². The van der Waals surface area contributed by atoms with Crippen LogP contribution in [0.5, 0.6) is 0 Å². The number of hydrogen-bond acceptors (Lipinski definition) is 0. The molecule has 4 heteroatoms. The topological polar surface area (TPSA) is 0 Å². The van der Waals surface area contributed by atoms with E-state index in [1.54, 1.807) is 0 Å². The van der Waals surface area contributed by atoms with Crippen LogP contribution in [0.15, 0.2) is 30.3 Å². The summed E-state index contributed by atoms with van der Waals surface area (Å²) in [5.74, 6) is 0. The van der Waals surface area contributed by atoms with Crippen molar-refractivity contribution in [2.24, 2.45) is 0 Å². The van der Waals surface area contributed by atoms with Gasteiger partial charge in [-0.1, -0.05) is 30.3 Å². The molecule has 0 nitrogen and oxygen atoms in total. The average Bonchev–Trinajstić information content (AvgIpc) is 2.06. The van der Waals surface area contributed by atoms with Crippen LogP contribution in [0, 0.1) is 0 Å². The van der Waals surface area contributed by atoms with Gasteiger partial charge in [0.05, 0.1) is 0 Å². The van der Waals surface area contributed by atoms with E-state index in [2.05, 4.69) is 0 Å². The van der Waals surface area contributed by atoms with Crippen LogP contribution in [-0.4, -0.2) is 12.2 Å². The van der Waals surface area contributed by atoms with Crippen LogP contribution in [-0.2, 0) is 6.04 Å². The minimum absolute atomic E-state index is 0.380. The summed E-state index contributed by atoms with van der Waals surface area (Å²) in [6, 6.07) is 10.7. The molecule has 0 fully saturated rings. The molecule has 0 radical (unpaired) electrons. The number of halogens is 3. The Balaban J connectivity index is 2.64. The molecule has 0 aliphatic carbocycles. The van der Waals surface area contributed by atoms with E-state index in [9.17, 15) is 0 Å². The maximum absolute atomic E-state index is 6.03. The minimum atomic E-state index is -2.21. The third kappa shape index (κ3) is 3.36. The fraction of sp³-hybridized carbons (Fsp3) is 0.250. The first-order valence-electron chi connectivity index (χ1n) is 3.62. The largest absolute Gasteiger partial charge is 0.269 e. The Kier molecular flexibility index (Phi) is 3.91. The van der Waals surface area contributed by atoms with E-state index in [1.807, 2.05) is 30.3 Å². The molecular formula is C8H9Cl3Si. The van der Waals surface area contributed by atoms with Gasteiger partial charge in [0, 0.05) is 5.50 Å². The quantitative estimate of drug-likeness (QED) is 0.430. The van der Waals surface area contributed by atoms with E-state index in [0.29, 0.717) is 5.50 Å². The average molecular weight is 240 g/mol. The smallest absolute Gasteiger partial charge is 0.144 e. The highest BCUT2D eigenvalue weighted by molar-refractivity contribution is 7.46. The molecule has 0 aliphatic heterocycles. The molecule has 0 saturated carbocycles. The molecule has 1 rings (SSSR count). The van der Waals surface area contributed by atoms with Crippen molar-refractivity contribution in [3.05, 3.63) is 35.9 Å². The van der Waals surface area contributed by atoms with Crippen LogP contribution < -0.4 is 0 Å². The predicted octanol–water partition coefficient (Wildman–Crippen LogP) is 3.47. The monoisotopic (exact) mass is 238 g/mol. The fourth-order valence-corrected chi connectivity index (χ4v) is 3.08. The first-order chi connectivity index (χ1) is 5.64. The summed E-state index contributed by atoms with van der Waals surface area (Å²) in [5, 5.41) is 0. The van der Waals surface area contributed by atoms with Crippen molar-refractivity contribution >= 4 is 40.5 Å². The highest BCUT2D eigenvalue weighted by atomic mass is 35.7. The Morgan fingerprint density at radius 2 is 1.67 bits per heavy atom. The summed E-state index contributed by atoms with van der Waals surface area (Å²) in [7, 11) is 0. The van der Waals surface area contributed by atoms with Gasteiger partial charge in [0.25, 0.3) is 6.69 Å². The number of hydrogen-bond donors (Lipinski definition) is 0. The van der Waals surface area contributed by atoms with Gasteiger partial charge in [-0.25, -0.2) is 0 Å². The molecular weight excluding hydrogens is 231 g/mol. The zero-order chi connectivity index (χ0) is 9.03. The molecule has 0 unspecified atom stereocenters. The molecule has 0 aromatic heterocycles. The van der Waals surface area contributed by atoms with Crippen LogP contribution in [0.2, 0.25) is 0 Å². The summed E-state index contributed by atoms with van der Waals surface area (Å²) in [5.41, 5.74) is 1.54. The molecule has 0 N–H and O–H groups in total. The van der Waals surface area contributed by atoms with Crippen LogP contribution in [0.3, 0.4) is 0 Å². The summed E-state index contributed by atoms with van der Waals surface area (Å²) in [6.07, 6.45) is 0. The first-order valence-corrected chi connectivity index (χ1v) is 8.59. The zero-order valence-electron chi connectivity index (χ0n) is 6.43. The summed E-state index contributed by atoms with van der Waals surface area (Å²) < 4.78 is 0. The van der Waals surface area contributed by atoms with Crippen molar-refractivity contribution < 1.29 is 0 Å². The van der Waals surface area contributed by atoms with Gasteiger partial charge in [-0.2, -0.15) is 0 Å². The summed E-state index contributed by atoms with van der Waals surface area (Å²) >= 11 is 17.7. The van der Waals surface area contributed by atoms with Crippen molar-refractivity contribution in [2.45, 2.75) is 6.04 Å². The number of rotatable bonds is 3. The third-order valence-corrected chi connectivity index (χ3v) is 6.61. The highest BCUT2D eigenvalue weighted by Crippen LogP contribution is 2.21. The molecule has 0 aliphatic rings. The molecule has 0 saturated heterocycles. The molecule has 1 aromatic carbocycles. The SMILES string of the molecule is ClC[Si](Cl)(Cl)Cc1ccccc1. The second kappa shape index (κ2) is 4.52. The van der Waals surface area contributed by atoms with E-state index in [4.69, 9.17) is 33.8 Å². The van der Waals surface area contributed by atoms with E-state index in [1.165, 1.54) is 0 Å². The second-order valence-corrected chi connectivity index (χ2v) is 10.7. The van der Waals surface area contributed by atoms with Gasteiger partial charge >= 0.3 is 0 Å². The lowest BCUT2D eigenvalue weighted by atomic mass is 10.2. The minimum Gasteiger partial charge on any atom is -0.144 e. The normalized spacial score (nSPS) is 11.6. The van der Waals surface area contributed by atoms with Crippen LogP contribution in [0.1, 0.15) is 5.56 Å². The molecule has 12 heavy (non-hydrogen) atoms. The summed E-state index contributed by atoms with van der Waals surface area (Å²) in [4.78, 5) is 0. The Morgan fingerprint density at radius 1 is 1.08 bits per heavy atom. The molecule has 0 bridgehead atoms. The maximum atomic E-state index is 6.03. The van der Waals surface area contributed by atoms with Gasteiger partial charge in [0.2, 0.25) is 0 Å². The molecule has 0 atom stereocenters. The van der Waals surface area contributed by atoms with Gasteiger partial charge < -0.3 is 0 Å². The molecule has 66 valence electrons. The zero-order valence-corrected chi connectivity index (χ0v) is 9.70. The van der Waals surface area contributed by atoms with E-state index in [-0.39, 0.29) is 0 Å². The second-order valence-electron chi connectivity index (χ2n) is 2.65. The van der Waals surface area contributed by atoms with Crippen molar-refractivity contribution in [3.63, 3.8) is 0 Å². The van der Waals surface area contributed by atoms with E-state index >= 15 is 0 Å². The predicted molar refractivity (Wildman–Crippen MR) is 58.3 cm³/mol. The van der Waals surface area contributed by atoms with E-state index in [0.717, 1.165) is 11.6 Å². The number of alkyl halides is 1. The van der Waals surface area contributed by atoms with Crippen molar-refractivity contribution in [2.75, 3.05) is 5.50 Å². The fourth-order valence-electron chi connectivity index (χ4n) is 0.942. The number of benzene rings is 1. The Bertz CT molecular complexity index is 235. The Hall–Kier alpha value is 0.307. The van der Waals surface area contributed by atoms with Gasteiger partial charge in [0.15, 0.2) is 0 Å². The summed E-state index contributed by atoms with van der Waals surface area (Å²) in [6.45, 7) is -2.21. The highest BCUT2D eigenvalue weighted by Gasteiger charge is 2.27. The lowest BCUT2D eigenvalue weighted by Gasteiger charge is -2.12. The van der Waals surface area contributed by atoms with Crippen LogP contribution >= 0.6 is 33.8 Å². The van der Waals surface area contributed by atoms with Crippen LogP contribution in [0.4, 0.5) is 0 Å².